The smallest absolute Gasteiger partial charge is 0.0313 e. The fourth-order valence-corrected chi connectivity index (χ4v) is 0.623. The van der Waals surface area contributed by atoms with Gasteiger partial charge in [-0.2, -0.15) is 0 Å². The van der Waals surface area contributed by atoms with Crippen LogP contribution in [-0.4, -0.2) is 7.05 Å². The lowest BCUT2D eigenvalue weighted by molar-refractivity contribution is 1.61. The van der Waals surface area contributed by atoms with Crippen LogP contribution in [0.5, 0.6) is 0 Å². The molecule has 0 radical (unpaired) electrons. The van der Waals surface area contributed by atoms with Crippen LogP contribution in [0.4, 0.5) is 11.4 Å². The van der Waals surface area contributed by atoms with Crippen molar-refractivity contribution in [3.05, 3.63) is 29.6 Å². The highest BCUT2D eigenvalue weighted by molar-refractivity contribution is 5.53. The summed E-state index contributed by atoms with van der Waals surface area (Å²) in [6.07, 6.45) is 0. The predicted octanol–water partition coefficient (Wildman–Crippen LogP) is 1.90. The van der Waals surface area contributed by atoms with E-state index in [-0.39, 0.29) is 0 Å². The van der Waals surface area contributed by atoms with Gasteiger partial charge in [0.1, 0.15) is 0 Å². The van der Waals surface area contributed by atoms with Crippen molar-refractivity contribution in [2.75, 3.05) is 12.8 Å². The summed E-state index contributed by atoms with van der Waals surface area (Å²) < 4.78 is 0. The maximum Gasteiger partial charge on any atom is 0.0313 e. The maximum atomic E-state index is 5.44. The topological polar surface area (TPSA) is 40.1 Å². The lowest BCUT2D eigenvalue weighted by atomic mass is 10.3. The number of nitrogens with zero attached hydrogens (tertiary/aromatic N) is 1. The molecule has 0 bridgehead atoms. The number of benzene rings is 1. The fraction of sp³-hybridized carbons (Fsp3) is 0.143. The first-order valence-corrected chi connectivity index (χ1v) is 2.78. The minimum absolute atomic E-state index is 0.780. The van der Waals surface area contributed by atoms with Crippen LogP contribution >= 0.6 is 0 Å². The second-order valence-corrected chi connectivity index (χ2v) is 1.82. The highest BCUT2D eigenvalue weighted by atomic mass is 14.8. The predicted molar refractivity (Wildman–Crippen MR) is 39.8 cm³/mol. The van der Waals surface area contributed by atoms with Crippen molar-refractivity contribution in [2.24, 2.45) is 0 Å². The molecular weight excluding hydrogens is 112 g/mol. The van der Waals surface area contributed by atoms with E-state index >= 15 is 0 Å². The van der Waals surface area contributed by atoms with Gasteiger partial charge in [0.25, 0.3) is 0 Å². The first-order chi connectivity index (χ1) is 4.33. The van der Waals surface area contributed by atoms with Crippen molar-refractivity contribution in [2.45, 2.75) is 0 Å². The molecule has 0 aromatic heterocycles. The zero-order chi connectivity index (χ0) is 6.69. The van der Waals surface area contributed by atoms with E-state index in [1.807, 2.05) is 24.3 Å². The SMILES string of the molecule is C[N-]c1ccc(N)cc1. The molecule has 0 aliphatic heterocycles. The fourth-order valence-electron chi connectivity index (χ4n) is 0.623. The largest absolute Gasteiger partial charge is 0.687 e. The molecule has 0 unspecified atom stereocenters. The molecule has 0 spiro atoms. The quantitative estimate of drug-likeness (QED) is 0.566. The number of nitrogens with two attached hydrogens (primary N) is 1. The van der Waals surface area contributed by atoms with E-state index in [2.05, 4.69) is 5.32 Å². The van der Waals surface area contributed by atoms with Gasteiger partial charge in [0.05, 0.1) is 0 Å². The summed E-state index contributed by atoms with van der Waals surface area (Å²) in [6, 6.07) is 7.44. The first-order valence-electron chi connectivity index (χ1n) is 2.78. The van der Waals surface area contributed by atoms with Crippen molar-refractivity contribution in [1.29, 1.82) is 0 Å². The highest BCUT2D eigenvalue weighted by Gasteiger charge is 1.77. The molecule has 1 aromatic carbocycles. The lowest BCUT2D eigenvalue weighted by Crippen LogP contribution is -1.80. The van der Waals surface area contributed by atoms with Crippen LogP contribution in [0.1, 0.15) is 0 Å². The Morgan fingerprint density at radius 1 is 1.22 bits per heavy atom. The van der Waals surface area contributed by atoms with Gasteiger partial charge in [-0.1, -0.05) is 12.1 Å². The molecule has 2 N–H and O–H groups in total. The Balaban J connectivity index is 2.88. The van der Waals surface area contributed by atoms with Gasteiger partial charge in [-0.25, -0.2) is 0 Å². The Morgan fingerprint density at radius 3 is 2.22 bits per heavy atom. The lowest BCUT2D eigenvalue weighted by Gasteiger charge is -2.11. The van der Waals surface area contributed by atoms with E-state index in [9.17, 15) is 0 Å². The van der Waals surface area contributed by atoms with Gasteiger partial charge in [-0.3, -0.25) is 0 Å². The van der Waals surface area contributed by atoms with Crippen molar-refractivity contribution >= 4 is 11.4 Å². The molecule has 0 aliphatic carbocycles. The molecule has 2 heteroatoms. The summed E-state index contributed by atoms with van der Waals surface area (Å²) in [7, 11) is 1.76. The van der Waals surface area contributed by atoms with Crippen molar-refractivity contribution in [3.8, 4) is 0 Å². The number of anilines is 1. The van der Waals surface area contributed by atoms with E-state index < -0.39 is 0 Å². The molecule has 1 rings (SSSR count). The van der Waals surface area contributed by atoms with Crippen LogP contribution < -0.4 is 5.73 Å². The number of hydrogen-bond acceptors (Lipinski definition) is 1. The summed E-state index contributed by atoms with van der Waals surface area (Å²) in [6.45, 7) is 0. The highest BCUT2D eigenvalue weighted by Crippen LogP contribution is 2.16. The molecule has 0 saturated carbocycles. The van der Waals surface area contributed by atoms with Gasteiger partial charge in [-0.15, -0.1) is 12.7 Å². The van der Waals surface area contributed by atoms with Gasteiger partial charge in [-0.05, 0) is 12.1 Å². The number of hydrogen-bond donors (Lipinski definition) is 1. The summed E-state index contributed by atoms with van der Waals surface area (Å²) in [4.78, 5) is 0. The van der Waals surface area contributed by atoms with E-state index in [1.54, 1.807) is 7.05 Å². The van der Waals surface area contributed by atoms with Gasteiger partial charge < -0.3 is 11.1 Å². The van der Waals surface area contributed by atoms with Crippen LogP contribution in [0.25, 0.3) is 5.32 Å². The van der Waals surface area contributed by atoms with E-state index in [1.165, 1.54) is 0 Å². The summed E-state index contributed by atoms with van der Waals surface area (Å²) in [5, 5.41) is 3.96. The standard InChI is InChI=1S/C7H9N2/c1-9-7-4-2-6(8)3-5-7/h2-5H,8H2,1H3/q-1. The third kappa shape index (κ3) is 1.35. The van der Waals surface area contributed by atoms with Crippen molar-refractivity contribution in [1.82, 2.24) is 0 Å². The molecule has 2 nitrogen and oxygen atoms in total. The number of rotatable bonds is 1. The third-order valence-electron chi connectivity index (χ3n) is 1.15. The van der Waals surface area contributed by atoms with Crippen LogP contribution in [0.2, 0.25) is 0 Å². The van der Waals surface area contributed by atoms with Crippen molar-refractivity contribution in [3.63, 3.8) is 0 Å². The van der Waals surface area contributed by atoms with Crippen LogP contribution in [0, 0.1) is 0 Å². The second-order valence-electron chi connectivity index (χ2n) is 1.82. The Kier molecular flexibility index (Phi) is 1.58. The molecule has 9 heavy (non-hydrogen) atoms. The summed E-state index contributed by atoms with van der Waals surface area (Å²) in [5.41, 5.74) is 7.18. The van der Waals surface area contributed by atoms with Crippen molar-refractivity contribution < 1.29 is 0 Å². The molecule has 0 saturated heterocycles. The third-order valence-corrected chi connectivity index (χ3v) is 1.15. The average Bonchev–Trinajstić information content (AvgIpc) is 1.90. The molecule has 48 valence electrons. The van der Waals surface area contributed by atoms with Gasteiger partial charge >= 0.3 is 0 Å². The van der Waals surface area contributed by atoms with Crippen LogP contribution in [0.15, 0.2) is 24.3 Å². The number of nitrogen functional groups attached to an aromatic ring is 1. The Hall–Kier alpha value is -1.18. The molecule has 0 heterocycles. The molecule has 0 atom stereocenters. The van der Waals surface area contributed by atoms with Gasteiger partial charge in [0.15, 0.2) is 0 Å². The molecule has 0 aliphatic rings. The van der Waals surface area contributed by atoms with Crippen LogP contribution in [0.3, 0.4) is 0 Å². The van der Waals surface area contributed by atoms with Crippen LogP contribution in [-0.2, 0) is 0 Å². The molecular formula is C7H9N2-. The summed E-state index contributed by atoms with van der Waals surface area (Å²) in [5.74, 6) is 0. The Labute approximate surface area is 54.7 Å². The minimum Gasteiger partial charge on any atom is -0.687 e. The second kappa shape index (κ2) is 2.40. The molecule has 0 amide bonds. The minimum atomic E-state index is 0.780. The van der Waals surface area contributed by atoms with E-state index in [0.717, 1.165) is 11.4 Å². The molecule has 0 fully saturated rings. The normalized spacial score (nSPS) is 9.00. The molecule has 1 aromatic rings. The Bertz CT molecular complexity index is 179. The first kappa shape index (κ1) is 5.95. The van der Waals surface area contributed by atoms with E-state index in [0.29, 0.717) is 0 Å². The monoisotopic (exact) mass is 121 g/mol. The Morgan fingerprint density at radius 2 is 1.78 bits per heavy atom. The average molecular weight is 121 g/mol. The van der Waals surface area contributed by atoms with E-state index in [4.69, 9.17) is 5.73 Å². The maximum absolute atomic E-state index is 5.44. The summed E-state index contributed by atoms with van der Waals surface area (Å²) >= 11 is 0. The zero-order valence-corrected chi connectivity index (χ0v) is 5.33. The van der Waals surface area contributed by atoms with Gasteiger partial charge in [0, 0.05) is 5.69 Å². The zero-order valence-electron chi connectivity index (χ0n) is 5.33. The van der Waals surface area contributed by atoms with Gasteiger partial charge in [0.2, 0.25) is 0 Å².